The summed E-state index contributed by atoms with van der Waals surface area (Å²) >= 11 is 0. The summed E-state index contributed by atoms with van der Waals surface area (Å²) in [7, 11) is 1.86. The number of imidazole rings is 1. The molecule has 0 aliphatic carbocycles. The molecule has 0 radical (unpaired) electrons. The Kier molecular flexibility index (Phi) is 2.63. The van der Waals surface area contributed by atoms with E-state index in [0.29, 0.717) is 17.8 Å². The van der Waals surface area contributed by atoms with Gasteiger partial charge in [-0.15, -0.1) is 0 Å². The number of fused-ring (bicyclic) bond motifs is 2. The Hall–Kier alpha value is -1.36. The van der Waals surface area contributed by atoms with Crippen LogP contribution in [0.1, 0.15) is 29.8 Å². The van der Waals surface area contributed by atoms with Crippen molar-refractivity contribution < 1.29 is 4.79 Å². The van der Waals surface area contributed by atoms with Crippen molar-refractivity contribution in [3.8, 4) is 0 Å². The van der Waals surface area contributed by atoms with Crippen LogP contribution in [0.3, 0.4) is 0 Å². The first-order valence-corrected chi connectivity index (χ1v) is 6.25. The van der Waals surface area contributed by atoms with E-state index < -0.39 is 0 Å². The van der Waals surface area contributed by atoms with Crippen molar-refractivity contribution in [2.24, 2.45) is 7.05 Å². The van der Waals surface area contributed by atoms with Gasteiger partial charge in [0.2, 0.25) is 0 Å². The van der Waals surface area contributed by atoms with Crippen molar-refractivity contribution in [1.82, 2.24) is 19.8 Å². The minimum Gasteiger partial charge on any atom is -0.336 e. The zero-order valence-electron chi connectivity index (χ0n) is 10.1. The van der Waals surface area contributed by atoms with E-state index in [-0.39, 0.29) is 5.91 Å². The molecule has 5 heteroatoms. The molecule has 1 N–H and O–H groups in total. The molecular weight excluding hydrogens is 216 g/mol. The van der Waals surface area contributed by atoms with Crippen LogP contribution in [-0.2, 0) is 7.05 Å². The van der Waals surface area contributed by atoms with E-state index in [9.17, 15) is 4.79 Å². The molecule has 2 unspecified atom stereocenters. The molecule has 2 fully saturated rings. The Bertz CT molecular complexity index is 428. The molecule has 2 aliphatic heterocycles. The lowest BCUT2D eigenvalue weighted by atomic mass is 10.1. The molecule has 2 atom stereocenters. The van der Waals surface area contributed by atoms with Crippen molar-refractivity contribution in [3.63, 3.8) is 0 Å². The van der Waals surface area contributed by atoms with E-state index in [0.717, 1.165) is 19.5 Å². The summed E-state index contributed by atoms with van der Waals surface area (Å²) in [6.07, 6.45) is 6.85. The molecule has 1 aromatic heterocycles. The van der Waals surface area contributed by atoms with Gasteiger partial charge in [0.15, 0.2) is 0 Å². The third kappa shape index (κ3) is 1.95. The van der Waals surface area contributed by atoms with Gasteiger partial charge in [-0.1, -0.05) is 0 Å². The number of likely N-dealkylation sites (tertiary alicyclic amines) is 1. The number of hydrogen-bond acceptors (Lipinski definition) is 3. The molecule has 0 saturated carbocycles. The maximum absolute atomic E-state index is 12.3. The van der Waals surface area contributed by atoms with E-state index in [2.05, 4.69) is 10.3 Å². The van der Waals surface area contributed by atoms with E-state index in [4.69, 9.17) is 0 Å². The number of carbonyl (C=O) groups is 1. The normalized spacial score (nSPS) is 28.2. The maximum Gasteiger partial charge on any atom is 0.272 e. The number of aryl methyl sites for hydroxylation is 1. The summed E-state index contributed by atoms with van der Waals surface area (Å²) in [5.74, 6) is 0.111. The monoisotopic (exact) mass is 234 g/mol. The van der Waals surface area contributed by atoms with Crippen molar-refractivity contribution in [1.29, 1.82) is 0 Å². The van der Waals surface area contributed by atoms with Gasteiger partial charge >= 0.3 is 0 Å². The molecule has 2 bridgehead atoms. The summed E-state index contributed by atoms with van der Waals surface area (Å²) in [4.78, 5) is 18.3. The average Bonchev–Trinajstić information content (AvgIpc) is 2.84. The van der Waals surface area contributed by atoms with Crippen LogP contribution < -0.4 is 5.32 Å². The first-order valence-electron chi connectivity index (χ1n) is 6.25. The Morgan fingerprint density at radius 2 is 2.24 bits per heavy atom. The van der Waals surface area contributed by atoms with Gasteiger partial charge in [0.25, 0.3) is 5.91 Å². The quantitative estimate of drug-likeness (QED) is 0.764. The van der Waals surface area contributed by atoms with E-state index in [1.54, 1.807) is 17.1 Å². The molecule has 5 nitrogen and oxygen atoms in total. The van der Waals surface area contributed by atoms with Crippen molar-refractivity contribution in [2.45, 2.75) is 31.3 Å². The molecule has 92 valence electrons. The minimum atomic E-state index is 0.111. The SMILES string of the molecule is Cn1cncc1C(=O)N1CCC2CCC(C1)N2. The highest BCUT2D eigenvalue weighted by molar-refractivity contribution is 5.92. The van der Waals surface area contributed by atoms with Crippen LogP contribution in [0.2, 0.25) is 0 Å². The van der Waals surface area contributed by atoms with Crippen molar-refractivity contribution in [2.75, 3.05) is 13.1 Å². The second-order valence-corrected chi connectivity index (χ2v) is 5.07. The highest BCUT2D eigenvalue weighted by Crippen LogP contribution is 2.21. The molecule has 0 aromatic carbocycles. The third-order valence-electron chi connectivity index (χ3n) is 3.85. The Balaban J connectivity index is 1.76. The zero-order chi connectivity index (χ0) is 11.8. The third-order valence-corrected chi connectivity index (χ3v) is 3.85. The average molecular weight is 234 g/mol. The molecule has 2 saturated heterocycles. The van der Waals surface area contributed by atoms with Crippen LogP contribution in [0.5, 0.6) is 0 Å². The van der Waals surface area contributed by atoms with E-state index in [1.165, 1.54) is 12.8 Å². The van der Waals surface area contributed by atoms with Crippen LogP contribution >= 0.6 is 0 Å². The maximum atomic E-state index is 12.3. The standard InChI is InChI=1S/C12H18N4O/c1-15-8-13-6-11(15)12(17)16-5-4-9-2-3-10(7-16)14-9/h6,8-10,14H,2-5,7H2,1H3. The number of nitrogens with one attached hydrogen (secondary N) is 1. The fraction of sp³-hybridized carbons (Fsp3) is 0.667. The first-order chi connectivity index (χ1) is 8.24. The highest BCUT2D eigenvalue weighted by atomic mass is 16.2. The summed E-state index contributed by atoms with van der Waals surface area (Å²) in [5, 5.41) is 3.58. The second kappa shape index (κ2) is 4.14. The molecule has 3 rings (SSSR count). The molecular formula is C12H18N4O. The minimum absolute atomic E-state index is 0.111. The Morgan fingerprint density at radius 1 is 1.41 bits per heavy atom. The van der Waals surface area contributed by atoms with Gasteiger partial charge in [0.05, 0.1) is 12.5 Å². The number of rotatable bonds is 1. The smallest absolute Gasteiger partial charge is 0.272 e. The van der Waals surface area contributed by atoms with E-state index in [1.807, 2.05) is 11.9 Å². The molecule has 0 spiro atoms. The van der Waals surface area contributed by atoms with Gasteiger partial charge in [-0.05, 0) is 19.3 Å². The molecule has 1 amide bonds. The fourth-order valence-electron chi connectivity index (χ4n) is 2.85. The number of carbonyl (C=O) groups excluding carboxylic acids is 1. The molecule has 2 aliphatic rings. The summed E-state index contributed by atoms with van der Waals surface area (Å²) in [6, 6.07) is 1.10. The highest BCUT2D eigenvalue weighted by Gasteiger charge is 2.31. The van der Waals surface area contributed by atoms with E-state index >= 15 is 0 Å². The molecule has 3 heterocycles. The van der Waals surface area contributed by atoms with Crippen molar-refractivity contribution >= 4 is 5.91 Å². The molecule has 1 aromatic rings. The van der Waals surface area contributed by atoms with Crippen molar-refractivity contribution in [3.05, 3.63) is 18.2 Å². The number of aromatic nitrogens is 2. The lowest BCUT2D eigenvalue weighted by Crippen LogP contribution is -2.39. The van der Waals surface area contributed by atoms with Gasteiger partial charge < -0.3 is 14.8 Å². The predicted octanol–water partition coefficient (Wildman–Crippen LogP) is 0.387. The van der Waals surface area contributed by atoms with Crippen LogP contribution in [-0.4, -0.2) is 45.5 Å². The number of amides is 1. The number of nitrogens with zero attached hydrogens (tertiary/aromatic N) is 3. The van der Waals surface area contributed by atoms with Crippen LogP contribution in [0.4, 0.5) is 0 Å². The van der Waals surface area contributed by atoms with Gasteiger partial charge in [0, 0.05) is 32.2 Å². The number of hydrogen-bond donors (Lipinski definition) is 1. The fourth-order valence-corrected chi connectivity index (χ4v) is 2.85. The Labute approximate surface area is 101 Å². The second-order valence-electron chi connectivity index (χ2n) is 5.07. The summed E-state index contributed by atoms with van der Waals surface area (Å²) < 4.78 is 1.79. The van der Waals surface area contributed by atoms with Gasteiger partial charge in [-0.2, -0.15) is 0 Å². The summed E-state index contributed by atoms with van der Waals surface area (Å²) in [6.45, 7) is 1.69. The Morgan fingerprint density at radius 3 is 3.00 bits per heavy atom. The van der Waals surface area contributed by atoms with Gasteiger partial charge in [0.1, 0.15) is 5.69 Å². The van der Waals surface area contributed by atoms with Crippen LogP contribution in [0, 0.1) is 0 Å². The topological polar surface area (TPSA) is 50.2 Å². The van der Waals surface area contributed by atoms with Crippen LogP contribution in [0.15, 0.2) is 12.5 Å². The first kappa shape index (κ1) is 10.8. The lowest BCUT2D eigenvalue weighted by Gasteiger charge is -2.24. The largest absolute Gasteiger partial charge is 0.336 e. The summed E-state index contributed by atoms with van der Waals surface area (Å²) in [5.41, 5.74) is 0.683. The predicted molar refractivity (Wildman–Crippen MR) is 63.7 cm³/mol. The van der Waals surface area contributed by atoms with Gasteiger partial charge in [-0.25, -0.2) is 4.98 Å². The zero-order valence-corrected chi connectivity index (χ0v) is 10.1. The van der Waals surface area contributed by atoms with Crippen LogP contribution in [0.25, 0.3) is 0 Å². The van der Waals surface area contributed by atoms with Gasteiger partial charge in [-0.3, -0.25) is 4.79 Å². The molecule has 17 heavy (non-hydrogen) atoms. The lowest BCUT2D eigenvalue weighted by molar-refractivity contribution is 0.0738.